The van der Waals surface area contributed by atoms with E-state index in [0.29, 0.717) is 36.0 Å². The van der Waals surface area contributed by atoms with Gasteiger partial charge in [0.25, 0.3) is 5.91 Å². The van der Waals surface area contributed by atoms with Gasteiger partial charge in [0.1, 0.15) is 16.1 Å². The maximum atomic E-state index is 13.9. The average molecular weight is 476 g/mol. The molecule has 4 aromatic rings. The lowest BCUT2D eigenvalue weighted by Crippen LogP contribution is -2.64. The lowest BCUT2D eigenvalue weighted by Gasteiger charge is -2.44. The second-order valence-corrected chi connectivity index (χ2v) is 9.31. The molecule has 1 unspecified atom stereocenters. The number of hydrogen-bond donors (Lipinski definition) is 1. The summed E-state index contributed by atoms with van der Waals surface area (Å²) in [7, 11) is 3.11. The maximum Gasteiger partial charge on any atom is 0.275 e. The van der Waals surface area contributed by atoms with Crippen LogP contribution in [0.5, 0.6) is 11.5 Å². The molecule has 2 amide bonds. The van der Waals surface area contributed by atoms with Crippen LogP contribution < -0.4 is 19.7 Å². The van der Waals surface area contributed by atoms with Gasteiger partial charge < -0.3 is 19.4 Å². The molecule has 34 heavy (non-hydrogen) atoms. The van der Waals surface area contributed by atoms with E-state index in [-0.39, 0.29) is 11.8 Å². The smallest absolute Gasteiger partial charge is 0.275 e. The molecule has 0 spiro atoms. The highest BCUT2D eigenvalue weighted by Crippen LogP contribution is 2.40. The molecule has 0 aliphatic carbocycles. The molecule has 0 saturated heterocycles. The van der Waals surface area contributed by atoms with Gasteiger partial charge in [0.2, 0.25) is 5.91 Å². The Morgan fingerprint density at radius 3 is 2.56 bits per heavy atom. The van der Waals surface area contributed by atoms with Crippen molar-refractivity contribution in [1.29, 1.82) is 0 Å². The molecular weight excluding hydrogens is 450 g/mol. The first-order valence-corrected chi connectivity index (χ1v) is 11.8. The summed E-state index contributed by atoms with van der Waals surface area (Å²) in [6, 6.07) is 18.9. The summed E-state index contributed by atoms with van der Waals surface area (Å²) in [4.78, 5) is 30.2. The normalized spacial score (nSPS) is 17.5. The lowest BCUT2D eigenvalue weighted by molar-refractivity contribution is -0.126. The Labute approximate surface area is 201 Å². The number of rotatable bonds is 6. The Morgan fingerprint density at radius 2 is 1.82 bits per heavy atom. The van der Waals surface area contributed by atoms with E-state index >= 15 is 0 Å². The summed E-state index contributed by atoms with van der Waals surface area (Å²) >= 11 is 1.57. The monoisotopic (exact) mass is 475 g/mol. The fourth-order valence-corrected chi connectivity index (χ4v) is 5.43. The number of nitrogens with one attached hydrogen (secondary N) is 1. The second-order valence-electron chi connectivity index (χ2n) is 8.42. The van der Waals surface area contributed by atoms with E-state index in [0.717, 1.165) is 15.8 Å². The molecule has 0 radical (unpaired) electrons. The van der Waals surface area contributed by atoms with Crippen molar-refractivity contribution in [3.63, 3.8) is 0 Å². The van der Waals surface area contributed by atoms with Gasteiger partial charge in [-0.25, -0.2) is 0 Å². The summed E-state index contributed by atoms with van der Waals surface area (Å²) in [5, 5.41) is 6.04. The topological polar surface area (TPSA) is 72.8 Å². The zero-order chi connectivity index (χ0) is 23.9. The Balaban J connectivity index is 1.59. The number of thiophene rings is 1. The van der Waals surface area contributed by atoms with Crippen molar-refractivity contribution in [2.75, 3.05) is 19.1 Å². The molecule has 3 heterocycles. The van der Waals surface area contributed by atoms with E-state index in [2.05, 4.69) is 5.32 Å². The SMILES string of the molecule is COc1ccc(N2C(=O)c3cc4ccsc4n3CC2(C)C(=O)NCc2ccccc2)cc1OC. The van der Waals surface area contributed by atoms with Gasteiger partial charge in [0.05, 0.1) is 20.8 Å². The van der Waals surface area contributed by atoms with Crippen molar-refractivity contribution in [2.24, 2.45) is 0 Å². The zero-order valence-electron chi connectivity index (χ0n) is 19.2. The van der Waals surface area contributed by atoms with Crippen LogP contribution in [0.1, 0.15) is 23.0 Å². The van der Waals surface area contributed by atoms with Crippen LogP contribution in [0.3, 0.4) is 0 Å². The van der Waals surface area contributed by atoms with Crippen LogP contribution in [0.4, 0.5) is 5.69 Å². The third-order valence-corrected chi connectivity index (χ3v) is 7.25. The Bertz CT molecular complexity index is 1380. The van der Waals surface area contributed by atoms with Gasteiger partial charge in [-0.15, -0.1) is 11.3 Å². The van der Waals surface area contributed by atoms with E-state index in [9.17, 15) is 9.59 Å². The van der Waals surface area contributed by atoms with Crippen molar-refractivity contribution in [2.45, 2.75) is 25.6 Å². The number of carbonyl (C=O) groups excluding carboxylic acids is 2. The van der Waals surface area contributed by atoms with Gasteiger partial charge >= 0.3 is 0 Å². The fraction of sp³-hybridized carbons (Fsp3) is 0.231. The highest BCUT2D eigenvalue weighted by molar-refractivity contribution is 7.16. The Hall–Kier alpha value is -3.78. The van der Waals surface area contributed by atoms with Crippen molar-refractivity contribution >= 4 is 39.1 Å². The van der Waals surface area contributed by atoms with Crippen LogP contribution in [0, 0.1) is 0 Å². The van der Waals surface area contributed by atoms with Crippen molar-refractivity contribution < 1.29 is 19.1 Å². The summed E-state index contributed by atoms with van der Waals surface area (Å²) in [5.41, 5.74) is 0.941. The largest absolute Gasteiger partial charge is 0.493 e. The molecule has 1 atom stereocenters. The summed E-state index contributed by atoms with van der Waals surface area (Å²) in [6.45, 7) is 2.51. The molecular formula is C26H25N3O4S. The predicted molar refractivity (Wildman–Crippen MR) is 133 cm³/mol. The van der Waals surface area contributed by atoms with Crippen LogP contribution in [0.15, 0.2) is 66.0 Å². The summed E-state index contributed by atoms with van der Waals surface area (Å²) < 4.78 is 12.8. The van der Waals surface area contributed by atoms with Gasteiger partial charge in [0.15, 0.2) is 11.5 Å². The van der Waals surface area contributed by atoms with Crippen LogP contribution in [0.25, 0.3) is 10.2 Å². The number of ether oxygens (including phenoxy) is 2. The fourth-order valence-electron chi connectivity index (χ4n) is 4.53. The molecule has 1 aliphatic heterocycles. The molecule has 0 fully saturated rings. The molecule has 174 valence electrons. The summed E-state index contributed by atoms with van der Waals surface area (Å²) in [5.74, 6) is 0.569. The number of carbonyl (C=O) groups is 2. The minimum absolute atomic E-state index is 0.233. The van der Waals surface area contributed by atoms with Crippen molar-refractivity contribution in [1.82, 2.24) is 9.88 Å². The van der Waals surface area contributed by atoms with Gasteiger partial charge in [-0.05, 0) is 42.1 Å². The molecule has 0 bridgehead atoms. The molecule has 5 rings (SSSR count). The van der Waals surface area contributed by atoms with Gasteiger partial charge in [0, 0.05) is 23.7 Å². The first-order valence-electron chi connectivity index (χ1n) is 10.9. The predicted octanol–water partition coefficient (Wildman–Crippen LogP) is 4.46. The van der Waals surface area contributed by atoms with Gasteiger partial charge in [-0.3, -0.25) is 14.5 Å². The van der Waals surface area contributed by atoms with E-state index < -0.39 is 5.54 Å². The lowest BCUT2D eigenvalue weighted by atomic mass is 9.93. The number of amides is 2. The zero-order valence-corrected chi connectivity index (χ0v) is 20.0. The van der Waals surface area contributed by atoms with E-state index in [1.807, 2.05) is 59.3 Å². The van der Waals surface area contributed by atoms with Crippen LogP contribution >= 0.6 is 11.3 Å². The molecule has 8 heteroatoms. The number of methoxy groups -OCH3 is 2. The third-order valence-electron chi connectivity index (χ3n) is 6.29. The van der Waals surface area contributed by atoms with E-state index in [4.69, 9.17) is 9.47 Å². The quantitative estimate of drug-likeness (QED) is 0.447. The number of hydrogen-bond acceptors (Lipinski definition) is 5. The molecule has 0 saturated carbocycles. The average Bonchev–Trinajstić information content (AvgIpc) is 3.45. The Kier molecular flexibility index (Phi) is 5.53. The first kappa shape index (κ1) is 22.0. The maximum absolute atomic E-state index is 13.9. The minimum Gasteiger partial charge on any atom is -0.493 e. The first-order chi connectivity index (χ1) is 16.5. The highest BCUT2D eigenvalue weighted by atomic mass is 32.1. The molecule has 2 aromatic carbocycles. The number of fused-ring (bicyclic) bond motifs is 3. The third kappa shape index (κ3) is 3.51. The van der Waals surface area contributed by atoms with Crippen LogP contribution in [0.2, 0.25) is 0 Å². The number of aromatic nitrogens is 1. The van der Waals surface area contributed by atoms with Gasteiger partial charge in [-0.1, -0.05) is 30.3 Å². The molecule has 7 nitrogen and oxygen atoms in total. The van der Waals surface area contributed by atoms with E-state index in [1.54, 1.807) is 48.7 Å². The van der Waals surface area contributed by atoms with E-state index in [1.165, 1.54) is 0 Å². The van der Waals surface area contributed by atoms with Crippen LogP contribution in [-0.2, 0) is 17.9 Å². The Morgan fingerprint density at radius 1 is 1.06 bits per heavy atom. The highest BCUT2D eigenvalue weighted by Gasteiger charge is 2.48. The van der Waals surface area contributed by atoms with Crippen molar-refractivity contribution in [3.8, 4) is 11.5 Å². The van der Waals surface area contributed by atoms with Gasteiger partial charge in [-0.2, -0.15) is 0 Å². The number of anilines is 1. The molecule has 1 N–H and O–H groups in total. The molecule has 1 aliphatic rings. The standard InChI is InChI=1S/C26H25N3O4S/c1-26(25(31)27-15-17-7-5-4-6-8-17)16-28-20(13-18-11-12-34-24(18)28)23(30)29(26)19-9-10-21(32-2)22(14-19)33-3/h4-14H,15-16H2,1-3H3,(H,27,31). The summed E-state index contributed by atoms with van der Waals surface area (Å²) in [6.07, 6.45) is 0. The van der Waals surface area contributed by atoms with Crippen molar-refractivity contribution in [3.05, 3.63) is 77.3 Å². The number of benzene rings is 2. The molecule has 2 aromatic heterocycles. The second kappa shape index (κ2) is 8.53. The number of nitrogens with zero attached hydrogens (tertiary/aromatic N) is 2. The minimum atomic E-state index is -1.17. The van der Waals surface area contributed by atoms with Crippen LogP contribution in [-0.4, -0.2) is 36.1 Å².